The first-order chi connectivity index (χ1) is 14.4. The second-order valence-corrected chi connectivity index (χ2v) is 8.91. The highest BCUT2D eigenvalue weighted by molar-refractivity contribution is 5.66. The van der Waals surface area contributed by atoms with Crippen LogP contribution < -0.4 is 0 Å². The van der Waals surface area contributed by atoms with Crippen LogP contribution in [0, 0.1) is 29.1 Å². The molecule has 0 radical (unpaired) electrons. The number of esters is 1. The minimum Gasteiger partial charge on any atom is -0.440 e. The van der Waals surface area contributed by atoms with Crippen LogP contribution in [0.5, 0.6) is 0 Å². The molecule has 2 rings (SSSR count). The molecule has 2 aliphatic carbocycles. The average molecular weight is 512 g/mol. The van der Waals surface area contributed by atoms with Crippen molar-refractivity contribution in [3.63, 3.8) is 0 Å². The number of carbonyl (C=O) groups is 1. The van der Waals surface area contributed by atoms with Gasteiger partial charge in [-0.15, -0.1) is 0 Å². The molecule has 0 aliphatic heterocycles. The lowest BCUT2D eigenvalue weighted by Gasteiger charge is -2.54. The molecule has 15 heteroatoms. The van der Waals surface area contributed by atoms with Crippen LogP contribution in [0.15, 0.2) is 0 Å². The molecule has 3 nitrogen and oxygen atoms in total. The molecule has 1 N–H and O–H groups in total. The maximum absolute atomic E-state index is 13.8. The van der Waals surface area contributed by atoms with Gasteiger partial charge in [0.25, 0.3) is 5.60 Å². The second kappa shape index (κ2) is 7.54. The Hall–Kier alpha value is -1.41. The summed E-state index contributed by atoms with van der Waals surface area (Å²) in [7, 11) is 0. The molecule has 0 saturated heterocycles. The number of alkyl halides is 12. The van der Waals surface area contributed by atoms with Crippen LogP contribution in [0.2, 0.25) is 0 Å². The van der Waals surface area contributed by atoms with Gasteiger partial charge < -0.3 is 9.84 Å². The summed E-state index contributed by atoms with van der Waals surface area (Å²) in [6.07, 6.45) is -30.3. The summed E-state index contributed by atoms with van der Waals surface area (Å²) >= 11 is 0. The zero-order valence-corrected chi connectivity index (χ0v) is 17.2. The smallest absolute Gasteiger partial charge is 0.437 e. The normalized spacial score (nSPS) is 31.8. The maximum Gasteiger partial charge on any atom is 0.437 e. The van der Waals surface area contributed by atoms with E-state index in [0.29, 0.717) is 0 Å². The third-order valence-corrected chi connectivity index (χ3v) is 7.52. The predicted octanol–water partition coefficient (Wildman–Crippen LogP) is 5.96. The number of fused-ring (bicyclic) bond motifs is 2. The van der Waals surface area contributed by atoms with Crippen LogP contribution in [0.3, 0.4) is 0 Å². The minimum atomic E-state index is -6.47. The summed E-state index contributed by atoms with van der Waals surface area (Å²) in [6, 6.07) is 0. The van der Waals surface area contributed by atoms with Gasteiger partial charge in [-0.25, -0.2) is 0 Å². The number of rotatable bonds is 4. The van der Waals surface area contributed by atoms with Gasteiger partial charge in [0, 0.05) is 18.8 Å². The molecule has 2 bridgehead atoms. The summed E-state index contributed by atoms with van der Waals surface area (Å²) in [5.41, 5.74) is -14.4. The van der Waals surface area contributed by atoms with Crippen LogP contribution in [0.4, 0.5) is 52.7 Å². The van der Waals surface area contributed by atoms with E-state index in [1.165, 1.54) is 6.92 Å². The van der Waals surface area contributed by atoms with E-state index < -0.39 is 90.2 Å². The second-order valence-electron chi connectivity index (χ2n) is 8.91. The molecule has 5 atom stereocenters. The molecule has 5 unspecified atom stereocenters. The van der Waals surface area contributed by atoms with Gasteiger partial charge >= 0.3 is 36.3 Å². The van der Waals surface area contributed by atoms with Crippen LogP contribution in [-0.4, -0.2) is 47.0 Å². The first-order valence-corrected chi connectivity index (χ1v) is 9.59. The van der Waals surface area contributed by atoms with E-state index in [4.69, 9.17) is 0 Å². The Balaban J connectivity index is 2.82. The van der Waals surface area contributed by atoms with Crippen LogP contribution in [0.25, 0.3) is 0 Å². The van der Waals surface area contributed by atoms with E-state index in [0.717, 1.165) is 6.92 Å². The van der Waals surface area contributed by atoms with Crippen molar-refractivity contribution in [2.45, 2.75) is 75.9 Å². The number of aliphatic hydroxyl groups is 1. The standard InChI is InChI=1S/C18H20F12O3/c1-7-8(2)12(14(32,17(25,26)27)18(28,29)30)5-10(7)4-11(12)6-13(15(19,20)21,16(22,23)24)33-9(3)31/h7-8,10-11,32H,4-6H2,1-3H3. The average Bonchev–Trinajstić information content (AvgIpc) is 3.04. The fourth-order valence-electron chi connectivity index (χ4n) is 5.96. The highest BCUT2D eigenvalue weighted by Crippen LogP contribution is 2.74. The van der Waals surface area contributed by atoms with Crippen molar-refractivity contribution in [1.29, 1.82) is 0 Å². The highest BCUT2D eigenvalue weighted by atomic mass is 19.4. The molecule has 2 saturated carbocycles. The molecule has 0 spiro atoms. The summed E-state index contributed by atoms with van der Waals surface area (Å²) in [4.78, 5) is 11.2. The van der Waals surface area contributed by atoms with Crippen molar-refractivity contribution in [2.24, 2.45) is 29.1 Å². The molecule has 0 heterocycles. The Morgan fingerprint density at radius 1 is 0.879 bits per heavy atom. The van der Waals surface area contributed by atoms with Gasteiger partial charge in [-0.2, -0.15) is 52.7 Å². The van der Waals surface area contributed by atoms with E-state index in [-0.39, 0.29) is 6.92 Å². The summed E-state index contributed by atoms with van der Waals surface area (Å²) in [5.74, 6) is -8.56. The molecular formula is C18H20F12O3. The number of carbonyl (C=O) groups excluding carboxylic acids is 1. The molecule has 2 aliphatic rings. The van der Waals surface area contributed by atoms with Crippen LogP contribution in [-0.2, 0) is 9.53 Å². The lowest BCUT2D eigenvalue weighted by Crippen LogP contribution is -2.71. The van der Waals surface area contributed by atoms with Gasteiger partial charge in [-0.05, 0) is 36.5 Å². The lowest BCUT2D eigenvalue weighted by atomic mass is 9.54. The highest BCUT2D eigenvalue weighted by Gasteiger charge is 2.86. The SMILES string of the molecule is CC(=O)OC(CC1CC2CC1(C(O)(C(F)(F)F)C(F)(F)F)C(C)C2C)(C(F)(F)F)C(F)(F)F. The minimum absolute atomic E-state index is 0.190. The molecule has 0 aromatic carbocycles. The Morgan fingerprint density at radius 2 is 1.30 bits per heavy atom. The van der Waals surface area contributed by atoms with Crippen molar-refractivity contribution < 1.29 is 67.3 Å². The van der Waals surface area contributed by atoms with Gasteiger partial charge in [0.2, 0.25) is 0 Å². The van der Waals surface area contributed by atoms with Gasteiger partial charge in [-0.3, -0.25) is 4.79 Å². The largest absolute Gasteiger partial charge is 0.440 e. The zero-order chi connectivity index (χ0) is 26.2. The molecule has 0 aromatic rings. The first kappa shape index (κ1) is 27.8. The number of hydrogen-bond acceptors (Lipinski definition) is 3. The van der Waals surface area contributed by atoms with E-state index in [9.17, 15) is 62.6 Å². The van der Waals surface area contributed by atoms with E-state index in [1.807, 2.05) is 0 Å². The zero-order valence-electron chi connectivity index (χ0n) is 17.2. The predicted molar refractivity (Wildman–Crippen MR) is 85.3 cm³/mol. The van der Waals surface area contributed by atoms with E-state index in [1.54, 1.807) is 0 Å². The Morgan fingerprint density at radius 3 is 1.61 bits per heavy atom. The fourth-order valence-corrected chi connectivity index (χ4v) is 5.96. The van der Waals surface area contributed by atoms with Gasteiger partial charge in [0.15, 0.2) is 0 Å². The molecule has 0 amide bonds. The maximum atomic E-state index is 13.8. The quantitative estimate of drug-likeness (QED) is 0.374. The van der Waals surface area contributed by atoms with Crippen molar-refractivity contribution in [3.8, 4) is 0 Å². The fraction of sp³-hybridized carbons (Fsp3) is 0.944. The van der Waals surface area contributed by atoms with Gasteiger partial charge in [0.1, 0.15) is 0 Å². The number of halogens is 12. The topological polar surface area (TPSA) is 46.5 Å². The first-order valence-electron chi connectivity index (χ1n) is 9.59. The molecule has 0 aromatic heterocycles. The van der Waals surface area contributed by atoms with Crippen molar-refractivity contribution in [3.05, 3.63) is 0 Å². The Bertz CT molecular complexity index is 738. The van der Waals surface area contributed by atoms with Crippen LogP contribution in [0.1, 0.15) is 40.0 Å². The van der Waals surface area contributed by atoms with Crippen LogP contribution >= 0.6 is 0 Å². The molecule has 2 fully saturated rings. The van der Waals surface area contributed by atoms with E-state index >= 15 is 0 Å². The van der Waals surface area contributed by atoms with Crippen molar-refractivity contribution in [1.82, 2.24) is 0 Å². The number of ether oxygens (including phenoxy) is 1. The van der Waals surface area contributed by atoms with Gasteiger partial charge in [-0.1, -0.05) is 13.8 Å². The summed E-state index contributed by atoms with van der Waals surface area (Å²) in [5, 5.41) is 10.2. The summed E-state index contributed by atoms with van der Waals surface area (Å²) < 4.78 is 168. The molecule has 33 heavy (non-hydrogen) atoms. The third-order valence-electron chi connectivity index (χ3n) is 7.52. The van der Waals surface area contributed by atoms with Crippen molar-refractivity contribution >= 4 is 5.97 Å². The molecular weight excluding hydrogens is 492 g/mol. The van der Waals surface area contributed by atoms with E-state index in [2.05, 4.69) is 4.74 Å². The third kappa shape index (κ3) is 3.67. The van der Waals surface area contributed by atoms with Gasteiger partial charge in [0.05, 0.1) is 0 Å². The number of hydrogen-bond donors (Lipinski definition) is 1. The Kier molecular flexibility index (Phi) is 6.36. The lowest BCUT2D eigenvalue weighted by molar-refractivity contribution is -0.420. The van der Waals surface area contributed by atoms with Crippen molar-refractivity contribution in [2.75, 3.05) is 0 Å². The Labute approximate surface area is 179 Å². The molecule has 194 valence electrons. The monoisotopic (exact) mass is 512 g/mol. The summed E-state index contributed by atoms with van der Waals surface area (Å²) in [6.45, 7) is 2.23.